The lowest BCUT2D eigenvalue weighted by Gasteiger charge is -2.29. The Kier molecular flexibility index (Phi) is 210. The van der Waals surface area contributed by atoms with Crippen LogP contribution in [0.15, 0.2) is 0 Å². The highest BCUT2D eigenvalue weighted by molar-refractivity contribution is 7.97. The Morgan fingerprint density at radius 3 is 0.733 bits per heavy atom. The first-order valence-corrected chi connectivity index (χ1v) is 19.7. The van der Waals surface area contributed by atoms with Crippen molar-refractivity contribution in [2.75, 3.05) is 67.6 Å². The average molecular weight is 953 g/mol. The largest absolute Gasteiger partial charge is 0.469 e. The van der Waals surface area contributed by atoms with Crippen LogP contribution < -0.4 is 10.6 Å². The average Bonchev–Trinajstić information content (AvgIpc) is 3.04. The summed E-state index contributed by atoms with van der Waals surface area (Å²) < 4.78 is 102. The zero-order valence-corrected chi connectivity index (χ0v) is 37.0. The second-order valence-electron chi connectivity index (χ2n) is 8.14. The van der Waals surface area contributed by atoms with Crippen molar-refractivity contribution in [2.24, 2.45) is 5.41 Å². The van der Waals surface area contributed by atoms with Crippen LogP contribution in [0.5, 0.6) is 0 Å². The third-order valence-corrected chi connectivity index (χ3v) is 3.04. The van der Waals surface area contributed by atoms with Gasteiger partial charge in [0, 0.05) is 40.8 Å². The molecule has 0 heterocycles. The second-order valence-corrected chi connectivity index (χ2v) is 11.2. The molecule has 0 aliphatic heterocycles. The van der Waals surface area contributed by atoms with Crippen molar-refractivity contribution in [3.8, 4) is 0 Å². The summed E-state index contributed by atoms with van der Waals surface area (Å²) in [7, 11) is 5.99. The van der Waals surface area contributed by atoms with Crippen LogP contribution in [0.4, 0.5) is 26.3 Å². The molecule has 0 rings (SSSR count). The predicted octanol–water partition coefficient (Wildman–Crippen LogP) is 13.9. The van der Waals surface area contributed by atoms with Gasteiger partial charge >= 0.3 is 24.3 Å². The van der Waals surface area contributed by atoms with E-state index in [1.807, 2.05) is 67.9 Å². The van der Waals surface area contributed by atoms with Crippen molar-refractivity contribution in [2.45, 2.75) is 182 Å². The van der Waals surface area contributed by atoms with Gasteiger partial charge in [-0.1, -0.05) is 142 Å². The summed E-state index contributed by atoms with van der Waals surface area (Å²) >= 11 is 1.75. The molecule has 60 heavy (non-hydrogen) atoms. The normalized spacial score (nSPS) is 7.53. The van der Waals surface area contributed by atoms with Gasteiger partial charge in [0.1, 0.15) is 22.7 Å². The van der Waals surface area contributed by atoms with Crippen molar-refractivity contribution < 1.29 is 68.1 Å². The zero-order valence-electron chi connectivity index (χ0n) is 35.4. The maximum atomic E-state index is 11.6. The van der Waals surface area contributed by atoms with Crippen molar-refractivity contribution in [1.82, 2.24) is 10.6 Å². The molecule has 2 amide bonds. The SMILES string of the molecule is C.C.C.C.C.C.C.C.C.CC.CC.CC.CC.CC(C)(C(F)(F)F)C(F)(F)F.CCC.CNC(=O)CC(=O)NC.COC.COC(=O)CC(=O)OC.CS(C)(=O)=O.CSC. The van der Waals surface area contributed by atoms with Gasteiger partial charge in [0.05, 0.1) is 14.2 Å². The number of alkyl halides is 6. The van der Waals surface area contributed by atoms with E-state index in [2.05, 4.69) is 38.7 Å². The fourth-order valence-corrected chi connectivity index (χ4v) is 0.746. The molecule has 19 heteroatoms. The molecule has 0 aromatic carbocycles. The number of sulfone groups is 1. The molecule has 11 nitrogen and oxygen atoms in total. The summed E-state index contributed by atoms with van der Waals surface area (Å²) in [5.74, 6) is -1.70. The predicted molar refractivity (Wildman–Crippen MR) is 262 cm³/mol. The number of amides is 2. The number of carbonyl (C=O) groups is 4. The van der Waals surface area contributed by atoms with E-state index in [4.69, 9.17) is 0 Å². The number of methoxy groups -OCH3 is 3. The maximum absolute atomic E-state index is 11.6. The Bertz CT molecular complexity index is 733. The lowest BCUT2D eigenvalue weighted by atomic mass is 9.92. The summed E-state index contributed by atoms with van der Waals surface area (Å²) in [5.41, 5.74) is -3.62. The molecule has 0 radical (unpaired) electrons. The highest BCUT2D eigenvalue weighted by atomic mass is 32.2. The smallest absolute Gasteiger partial charge is 0.402 e. The van der Waals surface area contributed by atoms with Gasteiger partial charge in [-0.2, -0.15) is 38.1 Å². The van der Waals surface area contributed by atoms with E-state index in [9.17, 15) is 53.9 Å². The van der Waals surface area contributed by atoms with Crippen LogP contribution in [0, 0.1) is 5.41 Å². The molecule has 0 unspecified atom stereocenters. The molecule has 0 aromatic rings. The summed E-state index contributed by atoms with van der Waals surface area (Å²) in [6.45, 7) is 20.5. The third-order valence-electron chi connectivity index (χ3n) is 3.04. The minimum absolute atomic E-state index is 0. The van der Waals surface area contributed by atoms with Crippen LogP contribution in [0.2, 0.25) is 0 Å². The molecule has 0 fully saturated rings. The summed E-state index contributed by atoms with van der Waals surface area (Å²) in [6, 6.07) is 0. The van der Waals surface area contributed by atoms with Crippen molar-refractivity contribution in [3.05, 3.63) is 0 Å². The fourth-order valence-electron chi connectivity index (χ4n) is 0.746. The Balaban J connectivity index is -0.0000000170. The van der Waals surface area contributed by atoms with Crippen LogP contribution >= 0.6 is 11.8 Å². The number of nitrogens with one attached hydrogen (secondary N) is 2. The van der Waals surface area contributed by atoms with E-state index in [1.165, 1.54) is 34.7 Å². The first kappa shape index (κ1) is 131. The molecule has 2 N–H and O–H groups in total. The monoisotopic (exact) mass is 953 g/mol. The van der Waals surface area contributed by atoms with Crippen molar-refractivity contribution >= 4 is 45.4 Å². The Morgan fingerprint density at radius 2 is 0.667 bits per heavy atom. The van der Waals surface area contributed by atoms with E-state index < -0.39 is 39.5 Å². The molecule has 0 saturated heterocycles. The Labute approximate surface area is 377 Å². The number of rotatable bonds is 4. The molecule has 0 aliphatic carbocycles. The quantitative estimate of drug-likeness (QED) is 0.158. The van der Waals surface area contributed by atoms with Crippen LogP contribution in [0.1, 0.15) is 169 Å². The Morgan fingerprint density at radius 1 is 0.533 bits per heavy atom. The first-order chi connectivity index (χ1) is 23.1. The van der Waals surface area contributed by atoms with Gasteiger partial charge < -0.3 is 24.8 Å². The number of esters is 2. The van der Waals surface area contributed by atoms with E-state index >= 15 is 0 Å². The van der Waals surface area contributed by atoms with E-state index in [1.54, 1.807) is 26.0 Å². The van der Waals surface area contributed by atoms with Crippen LogP contribution in [-0.4, -0.2) is 112 Å². The summed E-state index contributed by atoms with van der Waals surface area (Å²) in [4.78, 5) is 41.3. The molecular weight excluding hydrogens is 843 g/mol. The number of thioether (sulfide) groups is 1. The van der Waals surface area contributed by atoms with E-state index in [0.717, 1.165) is 12.5 Å². The highest BCUT2D eigenvalue weighted by Crippen LogP contribution is 2.49. The maximum Gasteiger partial charge on any atom is 0.402 e. The van der Waals surface area contributed by atoms with Crippen LogP contribution in [0.25, 0.3) is 0 Å². The molecule has 0 aromatic heterocycles. The molecule has 0 saturated carbocycles. The molecule has 0 aliphatic rings. The minimum atomic E-state index is -5.24. The van der Waals surface area contributed by atoms with Gasteiger partial charge in [0.2, 0.25) is 11.8 Å². The number of halogens is 6. The molecule has 0 bridgehead atoms. The summed E-state index contributed by atoms with van der Waals surface area (Å²) in [5, 5.41) is 4.66. The van der Waals surface area contributed by atoms with Gasteiger partial charge in [0.25, 0.3) is 0 Å². The minimum Gasteiger partial charge on any atom is -0.469 e. The van der Waals surface area contributed by atoms with E-state index in [0.29, 0.717) is 0 Å². The van der Waals surface area contributed by atoms with Crippen LogP contribution in [-0.2, 0) is 43.2 Å². The molecule has 0 spiro atoms. The van der Waals surface area contributed by atoms with Gasteiger partial charge in [-0.15, -0.1) is 0 Å². The fraction of sp³-hybridized carbons (Fsp3) is 0.902. The van der Waals surface area contributed by atoms with Gasteiger partial charge in [0.15, 0.2) is 5.41 Å². The summed E-state index contributed by atoms with van der Waals surface area (Å²) in [6.07, 6.45) is -3.24. The van der Waals surface area contributed by atoms with Gasteiger partial charge in [-0.3, -0.25) is 19.2 Å². The Hall–Kier alpha value is -2.28. The lowest BCUT2D eigenvalue weighted by molar-refractivity contribution is -0.327. The second kappa shape index (κ2) is 96.5. The third kappa shape index (κ3) is 166. The van der Waals surface area contributed by atoms with Crippen molar-refractivity contribution in [1.29, 1.82) is 0 Å². The van der Waals surface area contributed by atoms with Gasteiger partial charge in [-0.25, -0.2) is 8.42 Å². The topological polar surface area (TPSA) is 154 Å². The number of carbonyl (C=O) groups excluding carboxylic acids is 4. The number of hydrogen-bond donors (Lipinski definition) is 2. The molecule has 392 valence electrons. The number of hydrogen-bond acceptors (Lipinski definition) is 10. The molecule has 0 atom stereocenters. The van der Waals surface area contributed by atoms with Crippen molar-refractivity contribution in [3.63, 3.8) is 0 Å². The zero-order chi connectivity index (χ0) is 44.7. The molecular formula is C41H110F6N2O9S2. The van der Waals surface area contributed by atoms with Crippen LogP contribution in [0.3, 0.4) is 0 Å². The van der Waals surface area contributed by atoms with Gasteiger partial charge in [-0.05, 0) is 26.4 Å². The van der Waals surface area contributed by atoms with E-state index in [-0.39, 0.29) is 105 Å². The number of ether oxygens (including phenoxy) is 3. The first-order valence-electron chi connectivity index (χ1n) is 15.8. The standard InChI is InChI=1S/C5H6F6.C5H10N2O2.C5H8O4.C3H8.C2H6O2S.C2H6O.C2H6S.4C2H6.9CH4/c1-3(2,4(6,7)8)5(9,10)11;1-6-4(8)3-5(9)7-2;1-8-4(6)3-5(7)9-2;1-3-2;1-5(2,3)4;2*1-3-2;4*1-2;;;;;;;;;/h1-2H3;3H2,1-2H3,(H,6,8)(H,7,9);3H2,1-2H3;3H2,1-2H3;1-2H3;2*1-2H3;4*1-2H3;9*1H4. The highest BCUT2D eigenvalue weighted by Gasteiger charge is 2.64. The lowest BCUT2D eigenvalue weighted by Crippen LogP contribution is -2.44.